The monoisotopic (exact) mass is 191 g/mol. The summed E-state index contributed by atoms with van der Waals surface area (Å²) in [5.41, 5.74) is 8.03. The maximum absolute atomic E-state index is 9.14. The third-order valence-electron chi connectivity index (χ3n) is 1.31. The number of azide groups is 1. The Morgan fingerprint density at radius 1 is 1.46 bits per heavy atom. The van der Waals surface area contributed by atoms with Crippen LogP contribution in [0.15, 0.2) is 5.11 Å². The van der Waals surface area contributed by atoms with Gasteiger partial charge in [-0.2, -0.15) is 0 Å². The molecule has 7 heteroatoms. The molecule has 0 saturated heterocycles. The van der Waals surface area contributed by atoms with Crippen molar-refractivity contribution in [3.8, 4) is 0 Å². The Hall–Kier alpha value is -0.850. The smallest absolute Gasteiger partial charge is 0.165 e. The molecule has 2 atom stereocenters. The lowest BCUT2D eigenvalue weighted by molar-refractivity contribution is -0.121. The highest BCUT2D eigenvalue weighted by atomic mass is 16.6. The molecule has 0 radical (unpaired) electrons. The van der Waals surface area contributed by atoms with Gasteiger partial charge >= 0.3 is 0 Å². The second kappa shape index (κ2) is 7.78. The fourth-order valence-electron chi connectivity index (χ4n) is 0.630. The molecule has 0 aromatic heterocycles. The van der Waals surface area contributed by atoms with E-state index in [9.17, 15) is 0 Å². The molecule has 0 amide bonds. The summed E-state index contributed by atoms with van der Waals surface area (Å²) in [6.45, 7) is -0.377. The molecule has 3 N–H and O–H groups in total. The lowest BCUT2D eigenvalue weighted by Crippen LogP contribution is -2.30. The largest absolute Gasteiger partial charge is 0.396 e. The van der Waals surface area contributed by atoms with Crippen LogP contribution in [0.4, 0.5) is 0 Å². The van der Waals surface area contributed by atoms with Crippen LogP contribution in [0.1, 0.15) is 6.42 Å². The van der Waals surface area contributed by atoms with Crippen LogP contribution in [-0.2, 0) is 4.74 Å². The Balaban J connectivity index is 3.76. The molecule has 0 aromatic rings. The minimum Gasteiger partial charge on any atom is -0.396 e. The first-order chi connectivity index (χ1) is 6.26. The van der Waals surface area contributed by atoms with E-state index in [1.807, 2.05) is 0 Å². The summed E-state index contributed by atoms with van der Waals surface area (Å²) in [5, 5.41) is 29.3. The third-order valence-corrected chi connectivity index (χ3v) is 1.31. The Morgan fingerprint density at radius 3 is 2.62 bits per heavy atom. The zero-order chi connectivity index (χ0) is 10.1. The summed E-state index contributed by atoms with van der Waals surface area (Å²) in [4.78, 5) is 2.43. The van der Waals surface area contributed by atoms with Crippen LogP contribution in [0.5, 0.6) is 0 Å². The minimum atomic E-state index is -1.33. The second-order valence-electron chi connectivity index (χ2n) is 2.29. The molecule has 0 saturated carbocycles. The van der Waals surface area contributed by atoms with E-state index < -0.39 is 18.9 Å². The summed E-state index contributed by atoms with van der Waals surface area (Å²) >= 11 is 0. The molecule has 0 aliphatic rings. The van der Waals surface area contributed by atoms with Gasteiger partial charge < -0.3 is 20.1 Å². The quantitative estimate of drug-likeness (QED) is 0.163. The molecular formula is C6H13N3O4. The van der Waals surface area contributed by atoms with Crippen molar-refractivity contribution in [3.05, 3.63) is 10.4 Å². The van der Waals surface area contributed by atoms with Gasteiger partial charge in [-0.3, -0.25) is 0 Å². The van der Waals surface area contributed by atoms with Crippen molar-refractivity contribution in [2.24, 2.45) is 5.11 Å². The molecule has 0 aliphatic heterocycles. The number of hydrogen-bond donors (Lipinski definition) is 3. The topological polar surface area (TPSA) is 119 Å². The molecule has 1 unspecified atom stereocenters. The molecule has 7 nitrogen and oxygen atoms in total. The highest BCUT2D eigenvalue weighted by Gasteiger charge is 2.16. The summed E-state index contributed by atoms with van der Waals surface area (Å²) in [5.74, 6) is 0. The van der Waals surface area contributed by atoms with E-state index in [1.165, 1.54) is 0 Å². The maximum atomic E-state index is 9.14. The lowest BCUT2D eigenvalue weighted by Gasteiger charge is -2.16. The van der Waals surface area contributed by atoms with Crippen molar-refractivity contribution in [1.29, 1.82) is 0 Å². The highest BCUT2D eigenvalue weighted by Crippen LogP contribution is 2.01. The Bertz CT molecular complexity index is 171. The van der Waals surface area contributed by atoms with Crippen molar-refractivity contribution in [3.63, 3.8) is 0 Å². The highest BCUT2D eigenvalue weighted by molar-refractivity contribution is 4.68. The van der Waals surface area contributed by atoms with E-state index in [1.54, 1.807) is 0 Å². The number of nitrogens with zero attached hydrogens (tertiary/aromatic N) is 3. The fraction of sp³-hybridized carbons (Fsp3) is 1.00. The molecule has 0 bridgehead atoms. The Kier molecular flexibility index (Phi) is 7.27. The molecule has 0 aliphatic carbocycles. The predicted octanol–water partition coefficient (Wildman–Crippen LogP) is -0.625. The van der Waals surface area contributed by atoms with E-state index in [0.29, 0.717) is 6.42 Å². The lowest BCUT2D eigenvalue weighted by atomic mass is 10.3. The van der Waals surface area contributed by atoms with E-state index in [2.05, 4.69) is 10.0 Å². The van der Waals surface area contributed by atoms with Gasteiger partial charge in [0.15, 0.2) is 6.29 Å². The number of ether oxygens (including phenoxy) is 1. The van der Waals surface area contributed by atoms with Crippen LogP contribution in [0, 0.1) is 0 Å². The molecule has 13 heavy (non-hydrogen) atoms. The minimum absolute atomic E-state index is 0.0436. The van der Waals surface area contributed by atoms with Gasteiger partial charge in [-0.1, -0.05) is 5.11 Å². The van der Waals surface area contributed by atoms with Crippen LogP contribution >= 0.6 is 0 Å². The average molecular weight is 191 g/mol. The van der Waals surface area contributed by atoms with Crippen molar-refractivity contribution < 1.29 is 20.1 Å². The molecule has 0 heterocycles. The molecule has 0 fully saturated rings. The molecule has 0 spiro atoms. The number of aliphatic hydroxyl groups excluding tert-OH is 3. The van der Waals surface area contributed by atoms with Gasteiger partial charge in [0.1, 0.15) is 6.04 Å². The summed E-state index contributed by atoms with van der Waals surface area (Å²) in [6, 6.07) is -0.997. The normalized spacial score (nSPS) is 14.7. The van der Waals surface area contributed by atoms with Crippen LogP contribution in [0.2, 0.25) is 0 Å². The molecule has 0 aromatic carbocycles. The van der Waals surface area contributed by atoms with E-state index >= 15 is 0 Å². The zero-order valence-corrected chi connectivity index (χ0v) is 7.07. The van der Waals surface area contributed by atoms with Crippen LogP contribution < -0.4 is 0 Å². The van der Waals surface area contributed by atoms with E-state index in [0.717, 1.165) is 0 Å². The first-order valence-electron chi connectivity index (χ1n) is 3.81. The van der Waals surface area contributed by atoms with Crippen molar-refractivity contribution >= 4 is 0 Å². The first kappa shape index (κ1) is 12.2. The Morgan fingerprint density at radius 2 is 2.15 bits per heavy atom. The number of hydrogen-bond acceptors (Lipinski definition) is 5. The maximum Gasteiger partial charge on any atom is 0.165 e. The molecule has 0 rings (SSSR count). The van der Waals surface area contributed by atoms with Gasteiger partial charge in [0.2, 0.25) is 0 Å². The van der Waals surface area contributed by atoms with Crippen molar-refractivity contribution in [2.75, 3.05) is 19.8 Å². The fourth-order valence-corrected chi connectivity index (χ4v) is 0.630. The van der Waals surface area contributed by atoms with Crippen LogP contribution in [-0.4, -0.2) is 47.5 Å². The SMILES string of the molecule is [N-]=[N+]=N[C@@H](CO)C(O)OCCCO. The van der Waals surface area contributed by atoms with E-state index in [4.69, 9.17) is 25.6 Å². The van der Waals surface area contributed by atoms with Gasteiger partial charge in [-0.05, 0) is 12.0 Å². The van der Waals surface area contributed by atoms with Crippen LogP contribution in [0.3, 0.4) is 0 Å². The van der Waals surface area contributed by atoms with E-state index in [-0.39, 0.29) is 13.2 Å². The van der Waals surface area contributed by atoms with Crippen molar-refractivity contribution in [1.82, 2.24) is 0 Å². The van der Waals surface area contributed by atoms with Gasteiger partial charge in [0.25, 0.3) is 0 Å². The predicted molar refractivity (Wildman–Crippen MR) is 43.7 cm³/mol. The van der Waals surface area contributed by atoms with Crippen molar-refractivity contribution in [2.45, 2.75) is 18.8 Å². The Labute approximate surface area is 75.2 Å². The summed E-state index contributed by atoms with van der Waals surface area (Å²) in [7, 11) is 0. The average Bonchev–Trinajstić information content (AvgIpc) is 2.14. The first-order valence-corrected chi connectivity index (χ1v) is 3.81. The van der Waals surface area contributed by atoms with Gasteiger partial charge in [-0.15, -0.1) is 0 Å². The third kappa shape index (κ3) is 5.40. The molecule has 76 valence electrons. The van der Waals surface area contributed by atoms with Gasteiger partial charge in [0.05, 0.1) is 13.2 Å². The van der Waals surface area contributed by atoms with Gasteiger partial charge in [-0.25, -0.2) is 0 Å². The standard InChI is InChI=1S/C6H13N3O4/c7-9-8-5(4-11)6(12)13-3-1-2-10/h5-6,10-12H,1-4H2/t5-,6?/m0/s1. The van der Waals surface area contributed by atoms with Gasteiger partial charge in [0, 0.05) is 11.5 Å². The number of rotatable bonds is 7. The van der Waals surface area contributed by atoms with Crippen LogP contribution in [0.25, 0.3) is 10.4 Å². The summed E-state index contributed by atoms with van der Waals surface area (Å²) in [6.07, 6.45) is -0.946. The summed E-state index contributed by atoms with van der Waals surface area (Å²) < 4.78 is 4.76. The molecular weight excluding hydrogens is 178 g/mol. The zero-order valence-electron chi connectivity index (χ0n) is 7.07. The number of aliphatic hydroxyl groups is 3. The second-order valence-corrected chi connectivity index (χ2v) is 2.29.